The smallest absolute Gasteiger partial charge is 0.417 e. The largest absolute Gasteiger partial charge is 0.496 e. The second-order valence-electron chi connectivity index (χ2n) is 13.7. The van der Waals surface area contributed by atoms with E-state index in [0.717, 1.165) is 61.1 Å². The number of halogens is 3. The zero-order chi connectivity index (χ0) is 37.1. The maximum absolute atomic E-state index is 14.4. The number of benzene rings is 2. The lowest BCUT2D eigenvalue weighted by molar-refractivity contribution is -0.137. The topological polar surface area (TPSA) is 110 Å². The number of fused-ring (bicyclic) bond motifs is 1. The van der Waals surface area contributed by atoms with Crippen LogP contribution in [-0.2, 0) is 19.3 Å². The molecule has 12 heteroatoms. The van der Waals surface area contributed by atoms with Crippen LogP contribution < -0.4 is 10.1 Å². The molecular weight excluding hydrogens is 679 g/mol. The number of rotatable bonds is 10. The lowest BCUT2D eigenvalue weighted by atomic mass is 9.96. The molecule has 9 nitrogen and oxygen atoms in total. The van der Waals surface area contributed by atoms with Crippen molar-refractivity contribution in [1.82, 2.24) is 24.8 Å². The van der Waals surface area contributed by atoms with Gasteiger partial charge in [-0.2, -0.15) is 18.4 Å². The summed E-state index contributed by atoms with van der Waals surface area (Å²) >= 11 is 0. The fourth-order valence-corrected chi connectivity index (χ4v) is 7.29. The van der Waals surface area contributed by atoms with E-state index in [4.69, 9.17) is 9.72 Å². The van der Waals surface area contributed by atoms with Gasteiger partial charge in [0.15, 0.2) is 5.82 Å². The molecule has 1 atom stereocenters. The van der Waals surface area contributed by atoms with Gasteiger partial charge in [-0.25, -0.2) is 4.98 Å². The minimum absolute atomic E-state index is 0.0534. The SMILES string of the molecule is COc1cc(/C=C/c2ccnc(-c3cccc(Nc4nccc5cc(CN6CC[C@@H](O)C6)cnc45)c3C)c2C#N)c(C(F)(F)F)cc1CN1CCCC1. The van der Waals surface area contributed by atoms with Crippen molar-refractivity contribution in [3.63, 3.8) is 0 Å². The molecule has 272 valence electrons. The van der Waals surface area contributed by atoms with Crippen LogP contribution in [0, 0.1) is 18.3 Å². The van der Waals surface area contributed by atoms with Crippen LogP contribution in [-0.4, -0.2) is 69.3 Å². The summed E-state index contributed by atoms with van der Waals surface area (Å²) in [5.41, 5.74) is 4.73. The van der Waals surface area contributed by atoms with Gasteiger partial charge in [-0.15, -0.1) is 0 Å². The number of nitrogens with one attached hydrogen (secondary N) is 1. The number of aliphatic hydroxyl groups excluding tert-OH is 1. The third-order valence-electron chi connectivity index (χ3n) is 10.0. The van der Waals surface area contributed by atoms with E-state index in [-0.39, 0.29) is 17.2 Å². The Bertz CT molecular complexity index is 2210. The molecule has 0 radical (unpaired) electrons. The van der Waals surface area contributed by atoms with Crippen LogP contribution in [0.1, 0.15) is 58.2 Å². The van der Waals surface area contributed by atoms with Gasteiger partial charge in [0, 0.05) is 67.0 Å². The van der Waals surface area contributed by atoms with Crippen LogP contribution in [0.2, 0.25) is 0 Å². The number of nitrogens with zero attached hydrogens (tertiary/aromatic N) is 6. The highest BCUT2D eigenvalue weighted by Gasteiger charge is 2.34. The summed E-state index contributed by atoms with van der Waals surface area (Å²) in [5.74, 6) is 0.956. The number of hydrogen-bond acceptors (Lipinski definition) is 9. The van der Waals surface area contributed by atoms with Crippen molar-refractivity contribution in [2.45, 2.75) is 51.6 Å². The van der Waals surface area contributed by atoms with Crippen LogP contribution in [0.5, 0.6) is 5.75 Å². The molecule has 2 aromatic carbocycles. The Labute approximate surface area is 306 Å². The number of nitriles is 1. The van der Waals surface area contributed by atoms with E-state index in [2.05, 4.69) is 37.2 Å². The van der Waals surface area contributed by atoms with E-state index in [0.29, 0.717) is 59.1 Å². The highest BCUT2D eigenvalue weighted by molar-refractivity contribution is 5.91. The zero-order valence-electron chi connectivity index (χ0n) is 29.6. The molecule has 2 N–H and O–H groups in total. The van der Waals surface area contributed by atoms with E-state index < -0.39 is 11.7 Å². The monoisotopic (exact) mass is 719 g/mol. The average molecular weight is 720 g/mol. The third kappa shape index (κ3) is 7.88. The van der Waals surface area contributed by atoms with Crippen LogP contribution in [0.3, 0.4) is 0 Å². The summed E-state index contributed by atoms with van der Waals surface area (Å²) in [6.45, 7) is 6.19. The van der Waals surface area contributed by atoms with Crippen molar-refractivity contribution < 1.29 is 23.0 Å². The summed E-state index contributed by atoms with van der Waals surface area (Å²) < 4.78 is 48.7. The number of hydrogen-bond donors (Lipinski definition) is 2. The van der Waals surface area contributed by atoms with Crippen molar-refractivity contribution in [3.8, 4) is 23.1 Å². The normalized spacial score (nSPS) is 16.8. The second kappa shape index (κ2) is 15.3. The minimum atomic E-state index is -4.59. The van der Waals surface area contributed by atoms with E-state index in [1.54, 1.807) is 18.5 Å². The standard InChI is InChI=1S/C41H40F3N7O2/c1-26-33(6-5-7-36(26)49-40-38-30(11-14-47-40)18-27(22-48-38)23-51-17-12-32(52)25-51)39-34(21-45)28(10-13-46-39)8-9-29-20-37(53-2)31(19-35(29)41(42,43)44)24-50-15-3-4-16-50/h5-11,13-14,18-20,22,32,52H,3-4,12,15-17,23-25H2,1-2H3,(H,47,49)/b9-8+/t32-/m1/s1. The Morgan fingerprint density at radius 1 is 0.981 bits per heavy atom. The van der Waals surface area contributed by atoms with Crippen molar-refractivity contribution in [3.05, 3.63) is 106 Å². The zero-order valence-corrected chi connectivity index (χ0v) is 29.6. The molecule has 0 aliphatic carbocycles. The van der Waals surface area contributed by atoms with Gasteiger partial charge in [-0.1, -0.05) is 24.3 Å². The van der Waals surface area contributed by atoms with Gasteiger partial charge >= 0.3 is 6.18 Å². The maximum Gasteiger partial charge on any atom is 0.417 e. The number of pyridine rings is 3. The Morgan fingerprint density at radius 3 is 2.51 bits per heavy atom. The first-order valence-electron chi connectivity index (χ1n) is 17.7. The Hall–Kier alpha value is -5.35. The molecule has 0 bridgehead atoms. The van der Waals surface area contributed by atoms with Crippen molar-refractivity contribution in [1.29, 1.82) is 5.26 Å². The first-order chi connectivity index (χ1) is 25.6. The van der Waals surface area contributed by atoms with Gasteiger partial charge in [-0.3, -0.25) is 19.8 Å². The first-order valence-corrected chi connectivity index (χ1v) is 17.7. The Morgan fingerprint density at radius 2 is 1.77 bits per heavy atom. The summed E-state index contributed by atoms with van der Waals surface area (Å²) in [6.07, 6.45) is 5.96. The molecule has 2 aliphatic rings. The molecule has 0 unspecified atom stereocenters. The van der Waals surface area contributed by atoms with Gasteiger partial charge in [0.25, 0.3) is 0 Å². The van der Waals surface area contributed by atoms with Gasteiger partial charge in [0.1, 0.15) is 17.3 Å². The van der Waals surface area contributed by atoms with E-state index in [9.17, 15) is 23.5 Å². The molecule has 2 fully saturated rings. The number of aromatic nitrogens is 3. The fourth-order valence-electron chi connectivity index (χ4n) is 7.29. The molecule has 2 aliphatic heterocycles. The lowest BCUT2D eigenvalue weighted by Gasteiger charge is -2.20. The third-order valence-corrected chi connectivity index (χ3v) is 10.0. The molecular formula is C41H40F3N7O2. The summed E-state index contributed by atoms with van der Waals surface area (Å²) in [6, 6.07) is 16.1. The summed E-state index contributed by atoms with van der Waals surface area (Å²) in [7, 11) is 1.46. The predicted molar refractivity (Wildman–Crippen MR) is 199 cm³/mol. The molecule has 5 heterocycles. The minimum Gasteiger partial charge on any atom is -0.496 e. The summed E-state index contributed by atoms with van der Waals surface area (Å²) in [4.78, 5) is 18.2. The van der Waals surface area contributed by atoms with E-state index >= 15 is 0 Å². The highest BCUT2D eigenvalue weighted by atomic mass is 19.4. The van der Waals surface area contributed by atoms with Crippen LogP contribution in [0.25, 0.3) is 34.3 Å². The quantitative estimate of drug-likeness (QED) is 0.149. The van der Waals surface area contributed by atoms with Gasteiger partial charge in [-0.05, 0) is 97.9 Å². The van der Waals surface area contributed by atoms with Gasteiger partial charge in [0.05, 0.1) is 30.0 Å². The average Bonchev–Trinajstić information content (AvgIpc) is 3.82. The van der Waals surface area contributed by atoms with Crippen molar-refractivity contribution in [2.24, 2.45) is 0 Å². The van der Waals surface area contributed by atoms with Crippen LogP contribution in [0.4, 0.5) is 24.7 Å². The number of likely N-dealkylation sites (tertiary alicyclic amines) is 2. The highest BCUT2D eigenvalue weighted by Crippen LogP contribution is 2.38. The van der Waals surface area contributed by atoms with Crippen molar-refractivity contribution in [2.75, 3.05) is 38.6 Å². The van der Waals surface area contributed by atoms with Gasteiger partial charge in [0.2, 0.25) is 0 Å². The van der Waals surface area contributed by atoms with Crippen LogP contribution >= 0.6 is 0 Å². The molecule has 3 aromatic heterocycles. The number of anilines is 2. The van der Waals surface area contributed by atoms with E-state index in [1.165, 1.54) is 31.4 Å². The molecule has 0 saturated carbocycles. The number of aliphatic hydroxyl groups is 1. The Balaban J connectivity index is 1.18. The van der Waals surface area contributed by atoms with Gasteiger partial charge < -0.3 is 15.2 Å². The lowest BCUT2D eigenvalue weighted by Crippen LogP contribution is -2.21. The molecule has 5 aromatic rings. The number of ether oxygens (including phenoxy) is 1. The fraction of sp³-hybridized carbons (Fsp3) is 0.317. The predicted octanol–water partition coefficient (Wildman–Crippen LogP) is 7.98. The number of alkyl halides is 3. The number of methoxy groups -OCH3 is 1. The number of β-amino-alcohol motifs (C(OH)–C–C–N with tert-alkyl or cyclic N) is 1. The maximum atomic E-state index is 14.4. The first kappa shape index (κ1) is 36.0. The molecule has 53 heavy (non-hydrogen) atoms. The second-order valence-corrected chi connectivity index (χ2v) is 13.7. The molecule has 0 spiro atoms. The van der Waals surface area contributed by atoms with Crippen LogP contribution in [0.15, 0.2) is 67.1 Å². The van der Waals surface area contributed by atoms with Crippen molar-refractivity contribution >= 4 is 34.6 Å². The molecule has 0 amide bonds. The molecule has 2 saturated heterocycles. The van der Waals surface area contributed by atoms with E-state index in [1.807, 2.05) is 37.4 Å². The summed E-state index contributed by atoms with van der Waals surface area (Å²) in [5, 5.41) is 24.6. The Kier molecular flexibility index (Phi) is 10.4. The molecule has 7 rings (SSSR count).